The third-order valence-corrected chi connectivity index (χ3v) is 4.41. The van der Waals surface area contributed by atoms with Crippen LogP contribution >= 0.6 is 0 Å². The first-order valence-corrected chi connectivity index (χ1v) is 7.49. The summed E-state index contributed by atoms with van der Waals surface area (Å²) < 4.78 is 5.91. The van der Waals surface area contributed by atoms with Crippen LogP contribution < -0.4 is 5.32 Å². The Labute approximate surface area is 117 Å². The molecule has 2 nitrogen and oxygen atoms in total. The number of hydrogen-bond donors (Lipinski definition) is 1. The van der Waals surface area contributed by atoms with Crippen LogP contribution in [0, 0.1) is 6.92 Å². The summed E-state index contributed by atoms with van der Waals surface area (Å²) in [6.07, 6.45) is 3.32. The van der Waals surface area contributed by atoms with E-state index in [9.17, 15) is 0 Å². The van der Waals surface area contributed by atoms with E-state index < -0.39 is 0 Å². The zero-order valence-corrected chi connectivity index (χ0v) is 12.7. The van der Waals surface area contributed by atoms with Crippen LogP contribution in [0.25, 0.3) is 0 Å². The molecule has 0 aromatic heterocycles. The summed E-state index contributed by atoms with van der Waals surface area (Å²) in [6, 6.07) is 9.80. The van der Waals surface area contributed by atoms with Crippen molar-refractivity contribution in [2.45, 2.75) is 64.6 Å². The van der Waals surface area contributed by atoms with Gasteiger partial charge in [-0.2, -0.15) is 0 Å². The van der Waals surface area contributed by atoms with Gasteiger partial charge in [-0.1, -0.05) is 36.8 Å². The summed E-state index contributed by atoms with van der Waals surface area (Å²) in [5.74, 6) is 0. The first-order valence-electron chi connectivity index (χ1n) is 7.49. The van der Waals surface area contributed by atoms with Crippen molar-refractivity contribution in [1.29, 1.82) is 0 Å². The predicted octanol–water partition coefficient (Wildman–Crippen LogP) is 3.99. The van der Waals surface area contributed by atoms with Gasteiger partial charge in [-0.15, -0.1) is 0 Å². The van der Waals surface area contributed by atoms with Crippen LogP contribution in [0.1, 0.15) is 57.2 Å². The second-order valence-electron chi connectivity index (χ2n) is 6.14. The number of nitrogens with one attached hydrogen (secondary N) is 1. The normalized spacial score (nSPS) is 29.2. The Morgan fingerprint density at radius 3 is 2.68 bits per heavy atom. The van der Waals surface area contributed by atoms with Gasteiger partial charge in [0.05, 0.1) is 5.60 Å². The molecule has 1 heterocycles. The van der Waals surface area contributed by atoms with Gasteiger partial charge in [0.15, 0.2) is 0 Å². The summed E-state index contributed by atoms with van der Waals surface area (Å²) in [6.45, 7) is 9.71. The van der Waals surface area contributed by atoms with Gasteiger partial charge < -0.3 is 10.1 Å². The molecule has 0 saturated carbocycles. The van der Waals surface area contributed by atoms with E-state index >= 15 is 0 Å². The molecule has 1 fully saturated rings. The van der Waals surface area contributed by atoms with Gasteiger partial charge in [0, 0.05) is 18.7 Å². The largest absolute Gasteiger partial charge is 0.375 e. The third kappa shape index (κ3) is 3.80. The third-order valence-electron chi connectivity index (χ3n) is 4.41. The Hall–Kier alpha value is -0.860. The molecule has 0 radical (unpaired) electrons. The lowest BCUT2D eigenvalue weighted by Gasteiger charge is -2.39. The highest BCUT2D eigenvalue weighted by Gasteiger charge is 2.32. The lowest BCUT2D eigenvalue weighted by molar-refractivity contribution is -0.0789. The molecular weight excluding hydrogens is 234 g/mol. The second kappa shape index (κ2) is 6.06. The Morgan fingerprint density at radius 1 is 1.37 bits per heavy atom. The molecule has 0 aliphatic carbocycles. The zero-order valence-electron chi connectivity index (χ0n) is 12.7. The van der Waals surface area contributed by atoms with Crippen molar-refractivity contribution in [1.82, 2.24) is 5.32 Å². The summed E-state index contributed by atoms with van der Waals surface area (Å²) in [5.41, 5.74) is 2.75. The van der Waals surface area contributed by atoms with E-state index in [-0.39, 0.29) is 5.60 Å². The minimum absolute atomic E-state index is 0.0584. The average molecular weight is 261 g/mol. The fourth-order valence-corrected chi connectivity index (χ4v) is 2.82. The number of rotatable bonds is 4. The van der Waals surface area contributed by atoms with Crippen LogP contribution in [-0.4, -0.2) is 18.2 Å². The molecule has 106 valence electrons. The molecule has 0 spiro atoms. The minimum Gasteiger partial charge on any atom is -0.375 e. The molecule has 0 bridgehead atoms. The SMILES string of the molecule is CCC1(C)CC(NC(C)c2ccc(C)cc2)CCO1. The average Bonchev–Trinajstić information content (AvgIpc) is 2.39. The van der Waals surface area contributed by atoms with Crippen LogP contribution in [0.2, 0.25) is 0 Å². The molecule has 1 aliphatic rings. The summed E-state index contributed by atoms with van der Waals surface area (Å²) in [7, 11) is 0. The maximum absolute atomic E-state index is 5.91. The standard InChI is InChI=1S/C17H27NO/c1-5-17(4)12-16(10-11-19-17)18-14(3)15-8-6-13(2)7-9-15/h6-9,14,16,18H,5,10-12H2,1-4H3. The van der Waals surface area contributed by atoms with Crippen molar-refractivity contribution in [3.8, 4) is 0 Å². The molecule has 3 unspecified atom stereocenters. The highest BCUT2D eigenvalue weighted by atomic mass is 16.5. The van der Waals surface area contributed by atoms with E-state index in [1.165, 1.54) is 11.1 Å². The molecular formula is C17H27NO. The first-order chi connectivity index (χ1) is 9.02. The number of aryl methyl sites for hydroxylation is 1. The van der Waals surface area contributed by atoms with Crippen LogP contribution in [0.3, 0.4) is 0 Å². The lowest BCUT2D eigenvalue weighted by atomic mass is 9.89. The van der Waals surface area contributed by atoms with E-state index in [4.69, 9.17) is 4.74 Å². The van der Waals surface area contributed by atoms with Gasteiger partial charge in [-0.25, -0.2) is 0 Å². The molecule has 3 atom stereocenters. The number of hydrogen-bond acceptors (Lipinski definition) is 2. The lowest BCUT2D eigenvalue weighted by Crippen LogP contribution is -2.45. The van der Waals surface area contributed by atoms with Crippen molar-refractivity contribution in [3.05, 3.63) is 35.4 Å². The molecule has 1 saturated heterocycles. The van der Waals surface area contributed by atoms with E-state index in [0.717, 1.165) is 25.9 Å². The monoisotopic (exact) mass is 261 g/mol. The van der Waals surface area contributed by atoms with Crippen LogP contribution in [0.4, 0.5) is 0 Å². The van der Waals surface area contributed by atoms with Crippen molar-refractivity contribution in [2.24, 2.45) is 0 Å². The zero-order chi connectivity index (χ0) is 13.9. The van der Waals surface area contributed by atoms with E-state index in [1.54, 1.807) is 0 Å². The molecule has 1 aromatic rings. The van der Waals surface area contributed by atoms with Crippen molar-refractivity contribution in [3.63, 3.8) is 0 Å². The van der Waals surface area contributed by atoms with Gasteiger partial charge in [-0.05, 0) is 45.6 Å². The molecule has 1 aromatic carbocycles. The van der Waals surface area contributed by atoms with Crippen LogP contribution in [0.5, 0.6) is 0 Å². The van der Waals surface area contributed by atoms with Crippen molar-refractivity contribution in [2.75, 3.05) is 6.61 Å². The van der Waals surface area contributed by atoms with Gasteiger partial charge in [-0.3, -0.25) is 0 Å². The first kappa shape index (κ1) is 14.5. The molecule has 1 aliphatic heterocycles. The maximum Gasteiger partial charge on any atom is 0.0666 e. The van der Waals surface area contributed by atoms with Gasteiger partial charge >= 0.3 is 0 Å². The Morgan fingerprint density at radius 2 is 2.05 bits per heavy atom. The van der Waals surface area contributed by atoms with E-state index in [1.807, 2.05) is 0 Å². The van der Waals surface area contributed by atoms with Crippen LogP contribution in [-0.2, 0) is 4.74 Å². The van der Waals surface area contributed by atoms with E-state index in [2.05, 4.69) is 57.3 Å². The predicted molar refractivity (Wildman–Crippen MR) is 80.4 cm³/mol. The highest BCUT2D eigenvalue weighted by molar-refractivity contribution is 5.23. The summed E-state index contributed by atoms with van der Waals surface area (Å²) in [4.78, 5) is 0. The van der Waals surface area contributed by atoms with Gasteiger partial charge in [0.1, 0.15) is 0 Å². The Bertz CT molecular complexity index is 400. The molecule has 19 heavy (non-hydrogen) atoms. The topological polar surface area (TPSA) is 21.3 Å². The maximum atomic E-state index is 5.91. The Kier molecular flexibility index (Phi) is 4.64. The number of ether oxygens (including phenoxy) is 1. The molecule has 1 N–H and O–H groups in total. The van der Waals surface area contributed by atoms with Gasteiger partial charge in [0.25, 0.3) is 0 Å². The fraction of sp³-hybridized carbons (Fsp3) is 0.647. The smallest absolute Gasteiger partial charge is 0.0666 e. The molecule has 2 heteroatoms. The second-order valence-corrected chi connectivity index (χ2v) is 6.14. The fourth-order valence-electron chi connectivity index (χ4n) is 2.82. The molecule has 2 rings (SSSR count). The highest BCUT2D eigenvalue weighted by Crippen LogP contribution is 2.29. The minimum atomic E-state index is 0.0584. The summed E-state index contributed by atoms with van der Waals surface area (Å²) >= 11 is 0. The Balaban J connectivity index is 1.95. The van der Waals surface area contributed by atoms with Crippen molar-refractivity contribution >= 4 is 0 Å². The quantitative estimate of drug-likeness (QED) is 0.884. The molecule has 0 amide bonds. The van der Waals surface area contributed by atoms with E-state index in [0.29, 0.717) is 12.1 Å². The van der Waals surface area contributed by atoms with Crippen molar-refractivity contribution < 1.29 is 4.74 Å². The number of benzene rings is 1. The van der Waals surface area contributed by atoms with Crippen LogP contribution in [0.15, 0.2) is 24.3 Å². The van der Waals surface area contributed by atoms with Gasteiger partial charge in [0.2, 0.25) is 0 Å². The summed E-state index contributed by atoms with van der Waals surface area (Å²) in [5, 5.41) is 3.76.